The second kappa shape index (κ2) is 5.24. The Bertz CT molecular complexity index is 698. The third-order valence-electron chi connectivity index (χ3n) is 4.19. The number of hydrogen-bond acceptors (Lipinski definition) is 4. The number of piperidine rings is 1. The molecule has 1 atom stereocenters. The maximum atomic E-state index is 11.8. The number of carbonyl (C=O) groups is 1. The molecule has 0 saturated carbocycles. The second-order valence-corrected chi connectivity index (χ2v) is 5.65. The van der Waals surface area contributed by atoms with Crippen LogP contribution in [0.4, 0.5) is 11.4 Å². The quantitative estimate of drug-likeness (QED) is 0.826. The Labute approximate surface area is 123 Å². The molecule has 1 saturated heterocycles. The van der Waals surface area contributed by atoms with Crippen molar-refractivity contribution in [2.24, 2.45) is 5.73 Å². The topological polar surface area (TPSA) is 85.2 Å². The molecule has 5 heteroatoms. The first-order valence-corrected chi connectivity index (χ1v) is 7.28. The van der Waals surface area contributed by atoms with Gasteiger partial charge in [0.2, 0.25) is 5.91 Å². The number of aromatic nitrogens is 1. The highest BCUT2D eigenvalue weighted by Crippen LogP contribution is 2.34. The summed E-state index contributed by atoms with van der Waals surface area (Å²) in [4.78, 5) is 18.2. The number of benzene rings is 1. The standard InChI is InChI=1S/C16H20N4O/c1-10-8-11-12(9-19-10)13(17)5-6-14(11)20-7-3-2-4-15(20)16(18)21/h5-6,8-9,15H,2-4,7,17H2,1H3,(H2,18,21). The van der Waals surface area contributed by atoms with Crippen LogP contribution in [0.15, 0.2) is 24.4 Å². The smallest absolute Gasteiger partial charge is 0.240 e. The van der Waals surface area contributed by atoms with E-state index in [2.05, 4.69) is 9.88 Å². The monoisotopic (exact) mass is 284 g/mol. The Balaban J connectivity index is 2.17. The zero-order valence-corrected chi connectivity index (χ0v) is 12.2. The van der Waals surface area contributed by atoms with Gasteiger partial charge in [0.25, 0.3) is 0 Å². The zero-order valence-electron chi connectivity index (χ0n) is 12.2. The molecule has 1 unspecified atom stereocenters. The molecule has 4 N–H and O–H groups in total. The fraction of sp³-hybridized carbons (Fsp3) is 0.375. The molecule has 21 heavy (non-hydrogen) atoms. The third kappa shape index (κ3) is 2.39. The predicted molar refractivity (Wildman–Crippen MR) is 85.1 cm³/mol. The summed E-state index contributed by atoms with van der Waals surface area (Å²) in [6, 6.07) is 5.65. The van der Waals surface area contributed by atoms with Gasteiger partial charge in [-0.15, -0.1) is 0 Å². The fourth-order valence-corrected chi connectivity index (χ4v) is 3.12. The molecule has 1 fully saturated rings. The highest BCUT2D eigenvalue weighted by atomic mass is 16.1. The van der Waals surface area contributed by atoms with Gasteiger partial charge in [-0.25, -0.2) is 0 Å². The average Bonchev–Trinajstić information content (AvgIpc) is 2.47. The van der Waals surface area contributed by atoms with E-state index < -0.39 is 0 Å². The Morgan fingerprint density at radius 3 is 2.90 bits per heavy atom. The van der Waals surface area contributed by atoms with Gasteiger partial charge >= 0.3 is 0 Å². The lowest BCUT2D eigenvalue weighted by Crippen LogP contribution is -2.47. The van der Waals surface area contributed by atoms with Gasteiger partial charge in [0.05, 0.1) is 0 Å². The summed E-state index contributed by atoms with van der Waals surface area (Å²) < 4.78 is 0. The van der Waals surface area contributed by atoms with Crippen molar-refractivity contribution in [2.75, 3.05) is 17.2 Å². The van der Waals surface area contributed by atoms with Crippen molar-refractivity contribution in [2.45, 2.75) is 32.2 Å². The van der Waals surface area contributed by atoms with Crippen molar-refractivity contribution in [3.8, 4) is 0 Å². The first-order valence-electron chi connectivity index (χ1n) is 7.28. The summed E-state index contributed by atoms with van der Waals surface area (Å²) in [7, 11) is 0. The largest absolute Gasteiger partial charge is 0.398 e. The summed E-state index contributed by atoms with van der Waals surface area (Å²) >= 11 is 0. The van der Waals surface area contributed by atoms with E-state index in [9.17, 15) is 4.79 Å². The predicted octanol–water partition coefficient (Wildman–Crippen LogP) is 1.97. The lowest BCUT2D eigenvalue weighted by molar-refractivity contribution is -0.119. The lowest BCUT2D eigenvalue weighted by Gasteiger charge is -2.36. The van der Waals surface area contributed by atoms with Crippen molar-refractivity contribution in [3.63, 3.8) is 0 Å². The van der Waals surface area contributed by atoms with Crippen LogP contribution in [-0.2, 0) is 4.79 Å². The van der Waals surface area contributed by atoms with E-state index in [0.717, 1.165) is 48.0 Å². The molecule has 0 aliphatic carbocycles. The van der Waals surface area contributed by atoms with E-state index in [1.165, 1.54) is 0 Å². The minimum Gasteiger partial charge on any atom is -0.398 e. The molecule has 5 nitrogen and oxygen atoms in total. The number of anilines is 2. The maximum Gasteiger partial charge on any atom is 0.240 e. The first-order chi connectivity index (χ1) is 10.1. The van der Waals surface area contributed by atoms with Crippen molar-refractivity contribution >= 4 is 28.1 Å². The van der Waals surface area contributed by atoms with Crippen LogP contribution < -0.4 is 16.4 Å². The number of fused-ring (bicyclic) bond motifs is 1. The van der Waals surface area contributed by atoms with Crippen molar-refractivity contribution < 1.29 is 4.79 Å². The van der Waals surface area contributed by atoms with Gasteiger partial charge in [0.15, 0.2) is 0 Å². The molecular weight excluding hydrogens is 264 g/mol. The fourth-order valence-electron chi connectivity index (χ4n) is 3.12. The molecule has 3 rings (SSSR count). The molecular formula is C16H20N4O. The second-order valence-electron chi connectivity index (χ2n) is 5.65. The average molecular weight is 284 g/mol. The van der Waals surface area contributed by atoms with E-state index >= 15 is 0 Å². The normalized spacial score (nSPS) is 18.9. The Morgan fingerprint density at radius 2 is 2.14 bits per heavy atom. The third-order valence-corrected chi connectivity index (χ3v) is 4.19. The molecule has 0 radical (unpaired) electrons. The van der Waals surface area contributed by atoms with Gasteiger partial charge in [0, 0.05) is 40.6 Å². The van der Waals surface area contributed by atoms with Crippen molar-refractivity contribution in [1.82, 2.24) is 4.98 Å². The van der Waals surface area contributed by atoms with E-state index in [0.29, 0.717) is 5.69 Å². The van der Waals surface area contributed by atoms with E-state index in [4.69, 9.17) is 11.5 Å². The molecule has 0 spiro atoms. The number of carbonyl (C=O) groups excluding carboxylic acids is 1. The summed E-state index contributed by atoms with van der Waals surface area (Å²) in [5.74, 6) is -0.259. The Hall–Kier alpha value is -2.30. The van der Waals surface area contributed by atoms with E-state index in [1.54, 1.807) is 6.20 Å². The highest BCUT2D eigenvalue weighted by Gasteiger charge is 2.28. The van der Waals surface area contributed by atoms with E-state index in [-0.39, 0.29) is 11.9 Å². The lowest BCUT2D eigenvalue weighted by atomic mass is 9.98. The van der Waals surface area contributed by atoms with Crippen molar-refractivity contribution in [1.29, 1.82) is 0 Å². The van der Waals surface area contributed by atoms with Gasteiger partial charge < -0.3 is 16.4 Å². The number of rotatable bonds is 2. The molecule has 1 aromatic carbocycles. The zero-order chi connectivity index (χ0) is 15.0. The maximum absolute atomic E-state index is 11.8. The number of pyridine rings is 1. The molecule has 1 aliphatic heterocycles. The SMILES string of the molecule is Cc1cc2c(N3CCCCC3C(N)=O)ccc(N)c2cn1. The van der Waals surface area contributed by atoms with Gasteiger partial charge in [-0.1, -0.05) is 0 Å². The van der Waals surface area contributed by atoms with Gasteiger partial charge in [-0.3, -0.25) is 9.78 Å². The van der Waals surface area contributed by atoms with Crippen LogP contribution in [0.2, 0.25) is 0 Å². The Kier molecular flexibility index (Phi) is 3.41. The molecule has 1 aliphatic rings. The van der Waals surface area contributed by atoms with Crippen LogP contribution in [0.1, 0.15) is 25.0 Å². The number of nitrogens with two attached hydrogens (primary N) is 2. The van der Waals surface area contributed by atoms with E-state index in [1.807, 2.05) is 25.1 Å². The van der Waals surface area contributed by atoms with Crippen LogP contribution in [0.25, 0.3) is 10.8 Å². The molecule has 1 aromatic heterocycles. The number of aryl methyl sites for hydroxylation is 1. The number of hydrogen-bond donors (Lipinski definition) is 2. The minimum absolute atomic E-state index is 0.237. The van der Waals surface area contributed by atoms with Crippen LogP contribution in [0.5, 0.6) is 0 Å². The highest BCUT2D eigenvalue weighted by molar-refractivity contribution is 6.02. The van der Waals surface area contributed by atoms with Gasteiger partial charge in [-0.05, 0) is 44.4 Å². The molecule has 0 bridgehead atoms. The Morgan fingerprint density at radius 1 is 1.33 bits per heavy atom. The van der Waals surface area contributed by atoms with Gasteiger partial charge in [-0.2, -0.15) is 0 Å². The van der Waals surface area contributed by atoms with Crippen LogP contribution >= 0.6 is 0 Å². The molecule has 2 aromatic rings. The van der Waals surface area contributed by atoms with Crippen LogP contribution in [0, 0.1) is 6.92 Å². The number of amides is 1. The van der Waals surface area contributed by atoms with Crippen LogP contribution in [0.3, 0.4) is 0 Å². The summed E-state index contributed by atoms with van der Waals surface area (Å²) in [5, 5.41) is 1.96. The summed E-state index contributed by atoms with van der Waals surface area (Å²) in [5.41, 5.74) is 14.3. The minimum atomic E-state index is -0.259. The number of nitrogens with zero attached hydrogens (tertiary/aromatic N) is 2. The van der Waals surface area contributed by atoms with Crippen molar-refractivity contribution in [3.05, 3.63) is 30.1 Å². The van der Waals surface area contributed by atoms with Gasteiger partial charge in [0.1, 0.15) is 6.04 Å². The van der Waals surface area contributed by atoms with Crippen LogP contribution in [-0.4, -0.2) is 23.5 Å². The first kappa shape index (κ1) is 13.7. The molecule has 1 amide bonds. The summed E-state index contributed by atoms with van der Waals surface area (Å²) in [6.45, 7) is 2.79. The molecule has 110 valence electrons. The number of primary amides is 1. The number of nitrogen functional groups attached to an aromatic ring is 1. The molecule has 2 heterocycles. The summed E-state index contributed by atoms with van der Waals surface area (Å²) in [6.07, 6.45) is 4.72.